The van der Waals surface area contributed by atoms with Crippen molar-refractivity contribution >= 4 is 16.9 Å². The molecule has 1 aliphatic heterocycles. The van der Waals surface area contributed by atoms with Gasteiger partial charge in [-0.2, -0.15) is 0 Å². The Bertz CT molecular complexity index is 1190. The van der Waals surface area contributed by atoms with E-state index in [1.165, 1.54) is 11.9 Å². The number of nitrogens with zero attached hydrogens (tertiary/aromatic N) is 5. The predicted molar refractivity (Wildman–Crippen MR) is 134 cm³/mol. The number of aliphatic hydroxyl groups is 2. The molecule has 6 atom stereocenters. The van der Waals surface area contributed by atoms with Crippen molar-refractivity contribution in [2.75, 3.05) is 20.1 Å². The molecule has 2 aliphatic rings. The number of rotatable bonds is 11. The summed E-state index contributed by atoms with van der Waals surface area (Å²) >= 11 is 0. The Kier molecular flexibility index (Phi) is 7.43. The topological polar surface area (TPSA) is 114 Å². The molecule has 1 saturated heterocycles. The van der Waals surface area contributed by atoms with Gasteiger partial charge >= 0.3 is 0 Å². The first-order chi connectivity index (χ1) is 17.4. The summed E-state index contributed by atoms with van der Waals surface area (Å²) in [5, 5.41) is 21.3. The van der Waals surface area contributed by atoms with Gasteiger partial charge in [0.2, 0.25) is 0 Å². The van der Waals surface area contributed by atoms with Gasteiger partial charge in [0.1, 0.15) is 35.9 Å². The van der Waals surface area contributed by atoms with Crippen molar-refractivity contribution in [2.45, 2.75) is 69.5 Å². The lowest BCUT2D eigenvalue weighted by atomic mass is 10.0. The number of aliphatic hydroxyl groups excluding tert-OH is 2. The van der Waals surface area contributed by atoms with Crippen molar-refractivity contribution in [2.24, 2.45) is 5.92 Å². The summed E-state index contributed by atoms with van der Waals surface area (Å²) in [6, 6.07) is 10.5. The molecule has 1 aliphatic carbocycles. The van der Waals surface area contributed by atoms with Crippen LogP contribution in [-0.2, 0) is 9.53 Å². The van der Waals surface area contributed by atoms with Gasteiger partial charge in [0, 0.05) is 19.4 Å². The molecule has 36 heavy (non-hydrogen) atoms. The first-order valence-electron chi connectivity index (χ1n) is 12.8. The van der Waals surface area contributed by atoms with E-state index in [4.69, 9.17) is 4.74 Å². The number of ketones is 1. The quantitative estimate of drug-likeness (QED) is 0.392. The average molecular weight is 494 g/mol. The van der Waals surface area contributed by atoms with Crippen LogP contribution in [0.1, 0.15) is 55.5 Å². The number of imidazole rings is 1. The molecule has 3 aromatic rings. The van der Waals surface area contributed by atoms with E-state index in [0.29, 0.717) is 48.2 Å². The molecule has 2 N–H and O–H groups in total. The highest BCUT2D eigenvalue weighted by molar-refractivity contribution is 5.79. The van der Waals surface area contributed by atoms with Crippen LogP contribution in [0.2, 0.25) is 0 Å². The van der Waals surface area contributed by atoms with Crippen LogP contribution in [0, 0.1) is 12.8 Å². The van der Waals surface area contributed by atoms with Gasteiger partial charge in [-0.05, 0) is 57.2 Å². The highest BCUT2D eigenvalue weighted by Crippen LogP contribution is 2.49. The number of carbonyl (C=O) groups is 1. The minimum Gasteiger partial charge on any atom is -0.387 e. The van der Waals surface area contributed by atoms with Gasteiger partial charge in [-0.25, -0.2) is 15.0 Å². The molecular formula is C27H35N5O4. The number of aryl methyl sites for hydroxylation is 1. The van der Waals surface area contributed by atoms with Crippen LogP contribution in [-0.4, -0.2) is 78.9 Å². The van der Waals surface area contributed by atoms with Crippen molar-refractivity contribution in [3.05, 3.63) is 54.2 Å². The second-order valence-electron chi connectivity index (χ2n) is 10.3. The Morgan fingerprint density at radius 1 is 1.14 bits per heavy atom. The van der Waals surface area contributed by atoms with Crippen LogP contribution >= 0.6 is 0 Å². The molecule has 1 saturated carbocycles. The zero-order valence-electron chi connectivity index (χ0n) is 20.9. The van der Waals surface area contributed by atoms with Crippen molar-refractivity contribution in [3.8, 4) is 0 Å². The van der Waals surface area contributed by atoms with Crippen LogP contribution in [0.3, 0.4) is 0 Å². The third kappa shape index (κ3) is 5.34. The second-order valence-corrected chi connectivity index (χ2v) is 10.3. The number of hydrogen-bond acceptors (Lipinski definition) is 8. The number of fused-ring (bicyclic) bond motifs is 1. The zero-order valence-corrected chi connectivity index (χ0v) is 20.9. The monoisotopic (exact) mass is 493 g/mol. The van der Waals surface area contributed by atoms with E-state index < -0.39 is 24.5 Å². The first-order valence-corrected chi connectivity index (χ1v) is 12.8. The maximum Gasteiger partial charge on any atom is 0.165 e. The number of unbranched alkanes of at least 4 members (excludes halogenated alkanes) is 1. The largest absolute Gasteiger partial charge is 0.387 e. The highest BCUT2D eigenvalue weighted by atomic mass is 16.6. The van der Waals surface area contributed by atoms with Crippen LogP contribution in [0.25, 0.3) is 11.2 Å². The number of Topliss-reactive ketones (excluding diaryl/α,β-unsaturated/α-hetero) is 1. The van der Waals surface area contributed by atoms with E-state index >= 15 is 0 Å². The van der Waals surface area contributed by atoms with Gasteiger partial charge in [-0.15, -0.1) is 0 Å². The lowest BCUT2D eigenvalue weighted by Crippen LogP contribution is -2.38. The molecule has 0 unspecified atom stereocenters. The minimum atomic E-state index is -1.09. The Balaban J connectivity index is 1.04. The van der Waals surface area contributed by atoms with Crippen LogP contribution in [0.15, 0.2) is 43.0 Å². The van der Waals surface area contributed by atoms with Gasteiger partial charge in [0.25, 0.3) is 0 Å². The predicted octanol–water partition coefficient (Wildman–Crippen LogP) is 2.62. The molecule has 1 aromatic carbocycles. The van der Waals surface area contributed by atoms with Gasteiger partial charge in [-0.1, -0.05) is 30.3 Å². The standard InChI is InChI=1S/C27H35N5O4/c1-17-23-26(29-15-28-17)32(16-30-23)27-25(35)24(34)22(36-27)14-31(2)11-7-6-10-20(33)12-19-13-21(19)18-8-4-3-5-9-18/h3-5,8-9,15-16,19,21-22,24-25,27,34-35H,6-7,10-14H2,1-2H3/t19-,21+,22-,24-,25-,27-/m1/s1. The number of hydrogen-bond donors (Lipinski definition) is 2. The summed E-state index contributed by atoms with van der Waals surface area (Å²) in [6.07, 6.45) is 3.78. The second kappa shape index (κ2) is 10.7. The zero-order chi connectivity index (χ0) is 25.2. The molecule has 0 bridgehead atoms. The van der Waals surface area contributed by atoms with Crippen LogP contribution in [0.4, 0.5) is 0 Å². The van der Waals surface area contributed by atoms with Crippen molar-refractivity contribution in [3.63, 3.8) is 0 Å². The van der Waals surface area contributed by atoms with Crippen molar-refractivity contribution in [1.29, 1.82) is 0 Å². The molecule has 2 fully saturated rings. The van der Waals surface area contributed by atoms with Gasteiger partial charge in [-0.3, -0.25) is 9.36 Å². The number of aromatic nitrogens is 4. The normalized spacial score (nSPS) is 27.7. The van der Waals surface area contributed by atoms with E-state index in [1.807, 2.05) is 20.0 Å². The number of likely N-dealkylation sites (N-methyl/N-ethyl adjacent to an activating group) is 1. The SMILES string of the molecule is Cc1ncnc2c1ncn2[C@@H]1O[C@H](CN(C)CCCCC(=O)C[C@@H]2C[C@H]2c2ccccc2)[C@@H](O)[C@H]1O. The molecule has 2 aromatic heterocycles. The molecular weight excluding hydrogens is 458 g/mol. The fourth-order valence-electron chi connectivity index (χ4n) is 5.34. The van der Waals surface area contributed by atoms with Crippen LogP contribution < -0.4 is 0 Å². The van der Waals surface area contributed by atoms with Crippen LogP contribution in [0.5, 0.6) is 0 Å². The minimum absolute atomic E-state index is 0.355. The highest BCUT2D eigenvalue weighted by Gasteiger charge is 2.44. The Morgan fingerprint density at radius 3 is 2.75 bits per heavy atom. The Labute approximate surface area is 211 Å². The molecule has 9 nitrogen and oxygen atoms in total. The molecule has 3 heterocycles. The molecule has 0 spiro atoms. The number of ether oxygens (including phenoxy) is 1. The summed E-state index contributed by atoms with van der Waals surface area (Å²) in [6.45, 7) is 3.11. The third-order valence-corrected chi connectivity index (χ3v) is 7.53. The van der Waals surface area contributed by atoms with Gasteiger partial charge in [0.05, 0.1) is 12.0 Å². The van der Waals surface area contributed by atoms with E-state index in [9.17, 15) is 15.0 Å². The lowest BCUT2D eigenvalue weighted by Gasteiger charge is -2.22. The number of benzene rings is 1. The smallest absolute Gasteiger partial charge is 0.165 e. The van der Waals surface area contributed by atoms with Crippen molar-refractivity contribution < 1.29 is 19.7 Å². The average Bonchev–Trinajstić information content (AvgIpc) is 3.41. The molecule has 0 amide bonds. The summed E-state index contributed by atoms with van der Waals surface area (Å²) in [5.74, 6) is 1.41. The Hall–Kier alpha value is -2.72. The number of carbonyl (C=O) groups excluding carboxylic acids is 1. The van der Waals surface area contributed by atoms with Crippen molar-refractivity contribution in [1.82, 2.24) is 24.4 Å². The fraction of sp³-hybridized carbons (Fsp3) is 0.556. The summed E-state index contributed by atoms with van der Waals surface area (Å²) in [5.41, 5.74) is 3.31. The van der Waals surface area contributed by atoms with Gasteiger partial charge in [0.15, 0.2) is 11.9 Å². The maximum atomic E-state index is 12.4. The van der Waals surface area contributed by atoms with E-state index in [0.717, 1.165) is 31.5 Å². The fourth-order valence-corrected chi connectivity index (χ4v) is 5.34. The van der Waals surface area contributed by atoms with E-state index in [-0.39, 0.29) is 0 Å². The van der Waals surface area contributed by atoms with E-state index in [2.05, 4.69) is 44.1 Å². The Morgan fingerprint density at radius 2 is 1.94 bits per heavy atom. The molecule has 9 heteroatoms. The third-order valence-electron chi connectivity index (χ3n) is 7.53. The molecule has 5 rings (SSSR count). The van der Waals surface area contributed by atoms with Gasteiger partial charge < -0.3 is 19.8 Å². The van der Waals surface area contributed by atoms with E-state index in [1.54, 1.807) is 10.9 Å². The summed E-state index contributed by atoms with van der Waals surface area (Å²) in [4.78, 5) is 27.3. The maximum absolute atomic E-state index is 12.4. The first kappa shape index (κ1) is 25.0. The molecule has 0 radical (unpaired) electrons. The summed E-state index contributed by atoms with van der Waals surface area (Å²) in [7, 11) is 1.97. The lowest BCUT2D eigenvalue weighted by molar-refractivity contribution is -0.119. The molecule has 192 valence electrons. The summed E-state index contributed by atoms with van der Waals surface area (Å²) < 4.78 is 7.72.